The van der Waals surface area contributed by atoms with E-state index in [0.717, 1.165) is 14.4 Å². The lowest BCUT2D eigenvalue weighted by Gasteiger charge is -2.11. The van der Waals surface area contributed by atoms with Crippen molar-refractivity contribution in [2.45, 2.75) is 40.6 Å². The van der Waals surface area contributed by atoms with Crippen LogP contribution in [0, 0.1) is 0 Å². The maximum Gasteiger partial charge on any atom is 0.237 e. The molecule has 118 valence electrons. The highest BCUT2D eigenvalue weighted by Gasteiger charge is 2.17. The van der Waals surface area contributed by atoms with E-state index in [9.17, 15) is 4.79 Å². The first-order chi connectivity index (χ1) is 10.5. The fraction of sp³-hybridized carbons (Fsp3) is 0.400. The van der Waals surface area contributed by atoms with Crippen LogP contribution in [0.3, 0.4) is 0 Å². The molecule has 1 aromatic heterocycles. The van der Waals surface area contributed by atoms with Crippen LogP contribution in [0.25, 0.3) is 0 Å². The minimum atomic E-state index is -0.215. The van der Waals surface area contributed by atoms with Crippen molar-refractivity contribution in [1.82, 2.24) is 10.2 Å². The van der Waals surface area contributed by atoms with Crippen molar-refractivity contribution in [2.75, 3.05) is 11.6 Å². The number of amides is 1. The maximum absolute atomic E-state index is 12.2. The molecule has 0 radical (unpaired) electrons. The summed E-state index contributed by atoms with van der Waals surface area (Å²) in [6.07, 6.45) is 1.96. The Balaban J connectivity index is 1.93. The molecule has 0 fully saturated rings. The zero-order valence-electron chi connectivity index (χ0n) is 13.0. The van der Waals surface area contributed by atoms with Crippen molar-refractivity contribution >= 4 is 46.5 Å². The van der Waals surface area contributed by atoms with Gasteiger partial charge in [-0.25, -0.2) is 0 Å². The van der Waals surface area contributed by atoms with Gasteiger partial charge >= 0.3 is 0 Å². The van der Waals surface area contributed by atoms with Crippen molar-refractivity contribution in [3.63, 3.8) is 0 Å². The number of aromatic nitrogens is 2. The van der Waals surface area contributed by atoms with Crippen LogP contribution in [0.5, 0.6) is 0 Å². The second-order valence-corrected chi connectivity index (χ2v) is 8.68. The molecule has 0 saturated heterocycles. The van der Waals surface area contributed by atoms with E-state index in [4.69, 9.17) is 0 Å². The molecule has 2 aromatic rings. The van der Waals surface area contributed by atoms with Gasteiger partial charge in [-0.1, -0.05) is 60.8 Å². The maximum atomic E-state index is 12.2. The SMILES string of the molecule is CSc1nnc(SC(C)C(=O)Nc2ccc(C(C)C)cc2)s1. The Morgan fingerprint density at radius 2 is 1.77 bits per heavy atom. The monoisotopic (exact) mass is 353 g/mol. The molecule has 0 bridgehead atoms. The lowest BCUT2D eigenvalue weighted by atomic mass is 10.0. The van der Waals surface area contributed by atoms with Gasteiger partial charge in [0.15, 0.2) is 8.68 Å². The van der Waals surface area contributed by atoms with E-state index in [2.05, 4.69) is 29.4 Å². The molecule has 2 rings (SSSR count). The third-order valence-corrected chi connectivity index (χ3v) is 6.14. The molecular weight excluding hydrogens is 334 g/mol. The van der Waals surface area contributed by atoms with Crippen LogP contribution in [-0.2, 0) is 4.79 Å². The Morgan fingerprint density at radius 3 is 2.32 bits per heavy atom. The Bertz CT molecular complexity index is 625. The largest absolute Gasteiger partial charge is 0.325 e. The highest BCUT2D eigenvalue weighted by molar-refractivity contribution is 8.03. The van der Waals surface area contributed by atoms with Gasteiger partial charge in [0.05, 0.1) is 5.25 Å². The summed E-state index contributed by atoms with van der Waals surface area (Å²) in [6.45, 7) is 6.18. The van der Waals surface area contributed by atoms with Gasteiger partial charge in [0.25, 0.3) is 0 Å². The first-order valence-electron chi connectivity index (χ1n) is 6.94. The zero-order chi connectivity index (χ0) is 16.1. The van der Waals surface area contributed by atoms with E-state index < -0.39 is 0 Å². The highest BCUT2D eigenvalue weighted by Crippen LogP contribution is 2.30. The molecule has 0 aliphatic heterocycles. The minimum Gasteiger partial charge on any atom is -0.325 e. The Labute approximate surface area is 143 Å². The zero-order valence-corrected chi connectivity index (χ0v) is 15.4. The van der Waals surface area contributed by atoms with Crippen LogP contribution < -0.4 is 5.32 Å². The van der Waals surface area contributed by atoms with Crippen LogP contribution >= 0.6 is 34.9 Å². The Hall–Kier alpha value is -1.05. The molecule has 1 amide bonds. The number of thioether (sulfide) groups is 2. The van der Waals surface area contributed by atoms with Gasteiger partial charge in [-0.15, -0.1) is 10.2 Å². The second-order valence-electron chi connectivity index (χ2n) is 5.06. The van der Waals surface area contributed by atoms with Gasteiger partial charge in [-0.05, 0) is 36.8 Å². The van der Waals surface area contributed by atoms with E-state index in [0.29, 0.717) is 5.92 Å². The van der Waals surface area contributed by atoms with E-state index in [1.54, 1.807) is 11.8 Å². The van der Waals surface area contributed by atoms with Gasteiger partial charge in [0.1, 0.15) is 0 Å². The molecule has 1 aromatic carbocycles. The van der Waals surface area contributed by atoms with Crippen molar-refractivity contribution in [3.05, 3.63) is 29.8 Å². The standard InChI is InChI=1S/C15H19N3OS3/c1-9(2)11-5-7-12(8-6-11)16-13(19)10(3)21-15-18-17-14(20-4)22-15/h5-10H,1-4H3,(H,16,19). The summed E-state index contributed by atoms with van der Waals surface area (Å²) in [4.78, 5) is 12.2. The van der Waals surface area contributed by atoms with Gasteiger partial charge in [0.2, 0.25) is 5.91 Å². The normalized spacial score (nSPS) is 12.4. The molecule has 0 saturated carbocycles. The van der Waals surface area contributed by atoms with E-state index in [1.165, 1.54) is 28.7 Å². The summed E-state index contributed by atoms with van der Waals surface area (Å²) in [5.74, 6) is 0.463. The van der Waals surface area contributed by atoms with Crippen LogP contribution in [0.15, 0.2) is 32.9 Å². The van der Waals surface area contributed by atoms with E-state index in [-0.39, 0.29) is 11.2 Å². The molecule has 1 unspecified atom stereocenters. The van der Waals surface area contributed by atoms with Gasteiger partial charge in [-0.3, -0.25) is 4.79 Å². The molecule has 0 aliphatic carbocycles. The van der Waals surface area contributed by atoms with Crippen molar-refractivity contribution in [2.24, 2.45) is 0 Å². The highest BCUT2D eigenvalue weighted by atomic mass is 32.2. The molecule has 0 aliphatic rings. The first kappa shape index (κ1) is 17.3. The molecule has 1 atom stereocenters. The molecule has 7 heteroatoms. The number of hydrogen-bond acceptors (Lipinski definition) is 6. The number of carbonyl (C=O) groups is 1. The number of rotatable bonds is 6. The summed E-state index contributed by atoms with van der Waals surface area (Å²) < 4.78 is 1.74. The first-order valence-corrected chi connectivity index (χ1v) is 9.86. The van der Waals surface area contributed by atoms with Crippen LogP contribution in [0.4, 0.5) is 5.69 Å². The summed E-state index contributed by atoms with van der Waals surface area (Å²) in [6, 6.07) is 7.99. The predicted octanol–water partition coefficient (Wildman–Crippen LogP) is 4.50. The minimum absolute atomic E-state index is 0.0248. The molecule has 22 heavy (non-hydrogen) atoms. The van der Waals surface area contributed by atoms with E-state index >= 15 is 0 Å². The number of benzene rings is 1. The van der Waals surface area contributed by atoms with Crippen molar-refractivity contribution in [1.29, 1.82) is 0 Å². The van der Waals surface area contributed by atoms with Gasteiger partial charge in [0, 0.05) is 5.69 Å². The fourth-order valence-electron chi connectivity index (χ4n) is 1.73. The number of carbonyl (C=O) groups excluding carboxylic acids is 1. The third kappa shape index (κ3) is 4.72. The summed E-state index contributed by atoms with van der Waals surface area (Å²) in [5, 5.41) is 10.8. The number of hydrogen-bond donors (Lipinski definition) is 1. The van der Waals surface area contributed by atoms with Crippen LogP contribution in [0.1, 0.15) is 32.3 Å². The van der Waals surface area contributed by atoms with Crippen LogP contribution in [0.2, 0.25) is 0 Å². The molecular formula is C15H19N3OS3. The second kappa shape index (κ2) is 7.99. The van der Waals surface area contributed by atoms with Crippen molar-refractivity contribution in [3.8, 4) is 0 Å². The quantitative estimate of drug-likeness (QED) is 0.775. The average molecular weight is 354 g/mol. The van der Waals surface area contributed by atoms with Crippen molar-refractivity contribution < 1.29 is 4.79 Å². The van der Waals surface area contributed by atoms with Crippen LogP contribution in [-0.4, -0.2) is 27.6 Å². The Morgan fingerprint density at radius 1 is 1.14 bits per heavy atom. The molecule has 1 heterocycles. The lowest BCUT2D eigenvalue weighted by molar-refractivity contribution is -0.115. The number of nitrogens with zero attached hydrogens (tertiary/aromatic N) is 2. The van der Waals surface area contributed by atoms with Gasteiger partial charge in [-0.2, -0.15) is 0 Å². The Kier molecular flexibility index (Phi) is 6.28. The molecule has 1 N–H and O–H groups in total. The lowest BCUT2D eigenvalue weighted by Crippen LogP contribution is -2.22. The molecule has 0 spiro atoms. The summed E-state index contributed by atoms with van der Waals surface area (Å²) >= 11 is 4.51. The fourth-order valence-corrected chi connectivity index (χ4v) is 4.31. The summed E-state index contributed by atoms with van der Waals surface area (Å²) in [7, 11) is 0. The topological polar surface area (TPSA) is 54.9 Å². The van der Waals surface area contributed by atoms with Gasteiger partial charge < -0.3 is 5.32 Å². The smallest absolute Gasteiger partial charge is 0.237 e. The predicted molar refractivity (Wildman–Crippen MR) is 96.2 cm³/mol. The molecule has 4 nitrogen and oxygen atoms in total. The third-order valence-electron chi connectivity index (χ3n) is 3.05. The number of nitrogens with one attached hydrogen (secondary N) is 1. The average Bonchev–Trinajstić information content (AvgIpc) is 2.95. The number of anilines is 1. The summed E-state index contributed by atoms with van der Waals surface area (Å²) in [5.41, 5.74) is 2.09. The van der Waals surface area contributed by atoms with E-state index in [1.807, 2.05) is 37.4 Å².